The Morgan fingerprint density at radius 1 is 1.19 bits per heavy atom. The lowest BCUT2D eigenvalue weighted by molar-refractivity contribution is 0.154. The molecule has 0 atom stereocenters. The summed E-state index contributed by atoms with van der Waals surface area (Å²) in [6.07, 6.45) is 1.69. The summed E-state index contributed by atoms with van der Waals surface area (Å²) >= 11 is 0. The number of rotatable bonds is 5. The van der Waals surface area contributed by atoms with Crippen LogP contribution in [0.15, 0.2) is 65.8 Å². The monoisotopic (exact) mass is 385 g/mol. The number of benzene rings is 1. The van der Waals surface area contributed by atoms with Gasteiger partial charge in [0, 0.05) is 25.1 Å². The Labute approximate surface area is 157 Å². The van der Waals surface area contributed by atoms with Gasteiger partial charge in [-0.1, -0.05) is 30.3 Å². The molecule has 0 bridgehead atoms. The van der Waals surface area contributed by atoms with Gasteiger partial charge < -0.3 is 10.0 Å². The van der Waals surface area contributed by atoms with Crippen molar-refractivity contribution in [3.63, 3.8) is 0 Å². The van der Waals surface area contributed by atoms with E-state index in [1.165, 1.54) is 29.5 Å². The lowest BCUT2D eigenvalue weighted by Crippen LogP contribution is -2.23. The predicted octanol–water partition coefficient (Wildman–Crippen LogP) is 3.21. The molecule has 0 unspecified atom stereocenters. The van der Waals surface area contributed by atoms with E-state index in [2.05, 4.69) is 4.98 Å². The van der Waals surface area contributed by atoms with Crippen molar-refractivity contribution in [1.29, 1.82) is 0 Å². The smallest absolute Gasteiger partial charge is 0.407 e. The minimum absolute atomic E-state index is 0.0685. The van der Waals surface area contributed by atoms with Crippen molar-refractivity contribution in [1.82, 2.24) is 13.9 Å². The molecule has 1 N–H and O–H groups in total. The first-order valence-electron chi connectivity index (χ1n) is 8.18. The van der Waals surface area contributed by atoms with Gasteiger partial charge in [-0.25, -0.2) is 17.2 Å². The maximum atomic E-state index is 13.2. The minimum Gasteiger partial charge on any atom is -0.465 e. The van der Waals surface area contributed by atoms with Crippen LogP contribution in [0.25, 0.3) is 11.3 Å². The van der Waals surface area contributed by atoms with Crippen molar-refractivity contribution in [3.05, 3.63) is 72.2 Å². The van der Waals surface area contributed by atoms with Crippen molar-refractivity contribution in [2.75, 3.05) is 7.05 Å². The van der Waals surface area contributed by atoms with Gasteiger partial charge in [-0.3, -0.25) is 4.98 Å². The molecule has 140 valence electrons. The molecule has 0 aliphatic carbocycles. The second kappa shape index (κ2) is 7.24. The van der Waals surface area contributed by atoms with Crippen LogP contribution in [0, 0.1) is 6.92 Å². The average Bonchev–Trinajstić information content (AvgIpc) is 3.07. The van der Waals surface area contributed by atoms with Gasteiger partial charge in [0.05, 0.1) is 12.2 Å². The van der Waals surface area contributed by atoms with Crippen LogP contribution in [-0.4, -0.2) is 40.5 Å². The van der Waals surface area contributed by atoms with Crippen LogP contribution in [0.4, 0.5) is 4.79 Å². The second-order valence-electron chi connectivity index (χ2n) is 6.17. The fourth-order valence-corrected chi connectivity index (χ4v) is 4.01. The number of amides is 1. The van der Waals surface area contributed by atoms with Gasteiger partial charge in [0.2, 0.25) is 0 Å². The summed E-state index contributed by atoms with van der Waals surface area (Å²) in [6.45, 7) is 1.85. The molecule has 3 rings (SSSR count). The Morgan fingerprint density at radius 3 is 2.48 bits per heavy atom. The average molecular weight is 385 g/mol. The third-order valence-electron chi connectivity index (χ3n) is 4.10. The molecular weight excluding hydrogens is 366 g/mol. The molecule has 27 heavy (non-hydrogen) atoms. The zero-order valence-electron chi connectivity index (χ0n) is 14.9. The van der Waals surface area contributed by atoms with Crippen molar-refractivity contribution >= 4 is 16.1 Å². The molecule has 1 aromatic carbocycles. The zero-order valence-corrected chi connectivity index (χ0v) is 15.7. The molecule has 0 spiro atoms. The molecule has 0 fully saturated rings. The Balaban J connectivity index is 2.13. The highest BCUT2D eigenvalue weighted by Crippen LogP contribution is 2.27. The van der Waals surface area contributed by atoms with Crippen LogP contribution in [0.5, 0.6) is 0 Å². The van der Waals surface area contributed by atoms with E-state index >= 15 is 0 Å². The summed E-state index contributed by atoms with van der Waals surface area (Å²) in [5.74, 6) is 0. The van der Waals surface area contributed by atoms with Gasteiger partial charge in [0.25, 0.3) is 10.0 Å². The summed E-state index contributed by atoms with van der Waals surface area (Å²) < 4.78 is 27.5. The van der Waals surface area contributed by atoms with Gasteiger partial charge in [0.1, 0.15) is 4.90 Å². The first-order chi connectivity index (χ1) is 12.8. The number of hydrogen-bond acceptors (Lipinski definition) is 4. The van der Waals surface area contributed by atoms with E-state index in [1.807, 2.05) is 18.2 Å². The fraction of sp³-hybridized carbons (Fsp3) is 0.158. The number of aromatic nitrogens is 2. The van der Waals surface area contributed by atoms with Crippen molar-refractivity contribution in [2.45, 2.75) is 18.4 Å². The van der Waals surface area contributed by atoms with Crippen molar-refractivity contribution < 1.29 is 18.3 Å². The highest BCUT2D eigenvalue weighted by atomic mass is 32.2. The van der Waals surface area contributed by atoms with Crippen LogP contribution in [0.2, 0.25) is 0 Å². The minimum atomic E-state index is -3.88. The van der Waals surface area contributed by atoms with Crippen molar-refractivity contribution in [3.8, 4) is 11.3 Å². The van der Waals surface area contributed by atoms with E-state index in [0.29, 0.717) is 22.5 Å². The normalized spacial score (nSPS) is 11.3. The number of nitrogens with zero attached hydrogens (tertiary/aromatic N) is 3. The number of hydrogen-bond donors (Lipinski definition) is 1. The Hall–Kier alpha value is -3.13. The number of carboxylic acid groups (broad SMARTS) is 1. The lowest BCUT2D eigenvalue weighted by Gasteiger charge is -2.11. The van der Waals surface area contributed by atoms with E-state index in [1.54, 1.807) is 31.2 Å². The Kier molecular flexibility index (Phi) is 5.00. The number of pyridine rings is 1. The van der Waals surface area contributed by atoms with E-state index < -0.39 is 16.1 Å². The van der Waals surface area contributed by atoms with Gasteiger partial charge in [-0.05, 0) is 36.2 Å². The number of aryl methyl sites for hydroxylation is 1. The lowest BCUT2D eigenvalue weighted by atomic mass is 10.1. The molecule has 0 aliphatic heterocycles. The fourth-order valence-electron chi connectivity index (χ4n) is 2.66. The summed E-state index contributed by atoms with van der Waals surface area (Å²) in [7, 11) is -2.45. The molecule has 8 heteroatoms. The van der Waals surface area contributed by atoms with Gasteiger partial charge >= 0.3 is 6.09 Å². The standard InChI is InChI=1S/C19H19N3O4S/c1-14-8-9-17(11-20-14)27(25,26)22-13-15(12-21(2)19(23)24)10-18(22)16-6-4-3-5-7-16/h3-11,13H,12H2,1-2H3,(H,23,24). The summed E-state index contributed by atoms with van der Waals surface area (Å²) in [5.41, 5.74) is 2.46. The molecule has 2 heterocycles. The molecule has 1 amide bonds. The predicted molar refractivity (Wildman–Crippen MR) is 101 cm³/mol. The molecule has 0 radical (unpaired) electrons. The highest BCUT2D eigenvalue weighted by molar-refractivity contribution is 7.90. The maximum Gasteiger partial charge on any atom is 0.407 e. The quantitative estimate of drug-likeness (QED) is 0.728. The summed E-state index contributed by atoms with van der Waals surface area (Å²) in [4.78, 5) is 16.3. The van der Waals surface area contributed by atoms with Crippen molar-refractivity contribution in [2.24, 2.45) is 0 Å². The highest BCUT2D eigenvalue weighted by Gasteiger charge is 2.23. The molecule has 2 aromatic heterocycles. The SMILES string of the molecule is Cc1ccc(S(=O)(=O)n2cc(CN(C)C(=O)O)cc2-c2ccccc2)cn1. The molecule has 0 saturated heterocycles. The van der Waals surface area contributed by atoms with Gasteiger partial charge in [-0.2, -0.15) is 0 Å². The third kappa shape index (κ3) is 3.85. The van der Waals surface area contributed by atoms with E-state index in [-0.39, 0.29) is 11.4 Å². The molecule has 0 aliphatic rings. The first-order valence-corrected chi connectivity index (χ1v) is 9.62. The zero-order chi connectivity index (χ0) is 19.6. The van der Waals surface area contributed by atoms with Gasteiger partial charge in [0.15, 0.2) is 0 Å². The molecule has 3 aromatic rings. The Bertz CT molecular complexity index is 1060. The third-order valence-corrected chi connectivity index (χ3v) is 5.76. The Morgan fingerprint density at radius 2 is 1.89 bits per heavy atom. The summed E-state index contributed by atoms with van der Waals surface area (Å²) in [5, 5.41) is 9.09. The van der Waals surface area contributed by atoms with Crippen LogP contribution in [-0.2, 0) is 16.6 Å². The van der Waals surface area contributed by atoms with E-state index in [0.717, 1.165) is 4.90 Å². The second-order valence-corrected chi connectivity index (χ2v) is 7.99. The number of carbonyl (C=O) groups is 1. The molecule has 7 nitrogen and oxygen atoms in total. The van der Waals surface area contributed by atoms with Crippen LogP contribution in [0.1, 0.15) is 11.3 Å². The van der Waals surface area contributed by atoms with Gasteiger partial charge in [-0.15, -0.1) is 0 Å². The largest absolute Gasteiger partial charge is 0.465 e. The maximum absolute atomic E-state index is 13.2. The van der Waals surface area contributed by atoms with E-state index in [4.69, 9.17) is 5.11 Å². The van der Waals surface area contributed by atoms with Crippen LogP contribution >= 0.6 is 0 Å². The summed E-state index contributed by atoms with van der Waals surface area (Å²) in [6, 6.07) is 13.9. The topological polar surface area (TPSA) is 92.5 Å². The van der Waals surface area contributed by atoms with Crippen LogP contribution in [0.3, 0.4) is 0 Å². The van der Waals surface area contributed by atoms with Crippen LogP contribution < -0.4 is 0 Å². The molecular formula is C19H19N3O4S. The van der Waals surface area contributed by atoms with E-state index in [9.17, 15) is 13.2 Å². The first kappa shape index (κ1) is 18.7. The molecule has 0 saturated carbocycles.